The van der Waals surface area contributed by atoms with E-state index in [4.69, 9.17) is 21.4 Å². The highest BCUT2D eigenvalue weighted by molar-refractivity contribution is 6.30. The molecule has 0 saturated carbocycles. The van der Waals surface area contributed by atoms with Crippen molar-refractivity contribution < 1.29 is 14.6 Å². The van der Waals surface area contributed by atoms with E-state index in [1.54, 1.807) is 24.4 Å². The Bertz CT molecular complexity index is 683. The summed E-state index contributed by atoms with van der Waals surface area (Å²) >= 11 is 5.93. The van der Waals surface area contributed by atoms with Gasteiger partial charge >= 0.3 is 5.97 Å². The van der Waals surface area contributed by atoms with Crippen molar-refractivity contribution in [2.75, 3.05) is 0 Å². The molecule has 0 fully saturated rings. The van der Waals surface area contributed by atoms with Gasteiger partial charge in [0.2, 0.25) is 0 Å². The molecule has 5 heteroatoms. The molecule has 0 aliphatic heterocycles. The third-order valence-corrected chi connectivity index (χ3v) is 3.09. The van der Waals surface area contributed by atoms with Crippen LogP contribution in [-0.4, -0.2) is 16.1 Å². The third-order valence-electron chi connectivity index (χ3n) is 2.86. The van der Waals surface area contributed by atoms with Crippen LogP contribution in [0.2, 0.25) is 5.02 Å². The number of ether oxygens (including phenoxy) is 1. The summed E-state index contributed by atoms with van der Waals surface area (Å²) in [6.07, 6.45) is 4.21. The summed E-state index contributed by atoms with van der Waals surface area (Å²) in [4.78, 5) is 14.9. The van der Waals surface area contributed by atoms with Crippen LogP contribution < -0.4 is 4.74 Å². The summed E-state index contributed by atoms with van der Waals surface area (Å²) in [5.74, 6) is -0.469. The number of aromatic nitrogens is 1. The molecule has 1 heterocycles. The molecular formula is C16H14ClNO3. The lowest BCUT2D eigenvalue weighted by Crippen LogP contribution is -2.01. The number of aliphatic carboxylic acids is 1. The average molecular weight is 304 g/mol. The second-order valence-corrected chi connectivity index (χ2v) is 4.85. The predicted octanol–water partition coefficient (Wildman–Crippen LogP) is 3.72. The van der Waals surface area contributed by atoms with Crippen molar-refractivity contribution in [3.05, 3.63) is 64.4 Å². The van der Waals surface area contributed by atoms with E-state index in [-0.39, 0.29) is 0 Å². The van der Waals surface area contributed by atoms with E-state index >= 15 is 0 Å². The summed E-state index contributed by atoms with van der Waals surface area (Å²) in [6, 6.07) is 8.88. The third kappa shape index (κ3) is 4.33. The number of aryl methyl sites for hydroxylation is 1. The van der Waals surface area contributed by atoms with Crippen molar-refractivity contribution in [2.24, 2.45) is 0 Å². The smallest absolute Gasteiger partial charge is 0.328 e. The van der Waals surface area contributed by atoms with Gasteiger partial charge in [-0.05, 0) is 42.8 Å². The number of nitrogens with zero attached hydrogens (tertiary/aromatic N) is 1. The summed E-state index contributed by atoms with van der Waals surface area (Å²) < 4.78 is 5.73. The van der Waals surface area contributed by atoms with Crippen molar-refractivity contribution in [1.29, 1.82) is 0 Å². The molecule has 108 valence electrons. The average Bonchev–Trinajstić information content (AvgIpc) is 2.45. The number of benzene rings is 1. The molecule has 0 amide bonds. The summed E-state index contributed by atoms with van der Waals surface area (Å²) in [5, 5.41) is 9.22. The molecule has 0 radical (unpaired) electrons. The second kappa shape index (κ2) is 6.90. The first-order valence-electron chi connectivity index (χ1n) is 6.30. The van der Waals surface area contributed by atoms with Crippen molar-refractivity contribution in [3.63, 3.8) is 0 Å². The molecule has 0 atom stereocenters. The van der Waals surface area contributed by atoms with Gasteiger partial charge in [0, 0.05) is 22.9 Å². The molecule has 2 rings (SSSR count). The van der Waals surface area contributed by atoms with Crippen molar-refractivity contribution in [2.45, 2.75) is 13.5 Å². The van der Waals surface area contributed by atoms with Crippen LogP contribution >= 0.6 is 11.6 Å². The molecule has 4 nitrogen and oxygen atoms in total. The number of hydrogen-bond acceptors (Lipinski definition) is 3. The maximum atomic E-state index is 10.6. The van der Waals surface area contributed by atoms with E-state index in [9.17, 15) is 4.79 Å². The quantitative estimate of drug-likeness (QED) is 0.855. The molecule has 0 spiro atoms. The zero-order valence-corrected chi connectivity index (χ0v) is 12.2. The van der Waals surface area contributed by atoms with E-state index in [0.717, 1.165) is 17.3 Å². The highest BCUT2D eigenvalue weighted by atomic mass is 35.5. The molecule has 2 aromatic rings. The Morgan fingerprint density at radius 2 is 2.24 bits per heavy atom. The monoisotopic (exact) mass is 303 g/mol. The normalized spacial score (nSPS) is 10.8. The van der Waals surface area contributed by atoms with Crippen LogP contribution in [0.3, 0.4) is 0 Å². The van der Waals surface area contributed by atoms with Crippen LogP contribution in [0.5, 0.6) is 5.75 Å². The lowest BCUT2D eigenvalue weighted by molar-refractivity contribution is -0.131. The van der Waals surface area contributed by atoms with Gasteiger partial charge in [-0.25, -0.2) is 4.79 Å². The van der Waals surface area contributed by atoms with E-state index < -0.39 is 5.97 Å². The maximum Gasteiger partial charge on any atom is 0.328 e. The van der Waals surface area contributed by atoms with Gasteiger partial charge in [-0.3, -0.25) is 4.98 Å². The Morgan fingerprint density at radius 3 is 2.95 bits per heavy atom. The Kier molecular flexibility index (Phi) is 4.95. The van der Waals surface area contributed by atoms with Crippen LogP contribution in [0.25, 0.3) is 6.08 Å². The molecular weight excluding hydrogens is 290 g/mol. The largest absolute Gasteiger partial charge is 0.487 e. The van der Waals surface area contributed by atoms with Gasteiger partial charge in [-0.2, -0.15) is 0 Å². The molecule has 1 aromatic heterocycles. The van der Waals surface area contributed by atoms with Crippen molar-refractivity contribution >= 4 is 23.6 Å². The first-order chi connectivity index (χ1) is 10.1. The van der Waals surface area contributed by atoms with Gasteiger partial charge in [-0.1, -0.05) is 17.7 Å². The van der Waals surface area contributed by atoms with Crippen LogP contribution in [0.1, 0.15) is 16.8 Å². The van der Waals surface area contributed by atoms with E-state index in [1.807, 2.05) is 19.1 Å². The second-order valence-electron chi connectivity index (χ2n) is 4.41. The minimum atomic E-state index is -1.03. The van der Waals surface area contributed by atoms with E-state index in [0.29, 0.717) is 22.9 Å². The van der Waals surface area contributed by atoms with E-state index in [2.05, 4.69) is 4.98 Å². The first kappa shape index (κ1) is 15.1. The van der Waals surface area contributed by atoms with Gasteiger partial charge in [0.15, 0.2) is 0 Å². The van der Waals surface area contributed by atoms with Crippen LogP contribution in [0.15, 0.2) is 42.6 Å². The summed E-state index contributed by atoms with van der Waals surface area (Å²) in [5.41, 5.74) is 2.48. The Balaban J connectivity index is 2.20. The lowest BCUT2D eigenvalue weighted by Gasteiger charge is -2.10. The number of rotatable bonds is 5. The fourth-order valence-corrected chi connectivity index (χ4v) is 1.94. The first-order valence-corrected chi connectivity index (χ1v) is 6.68. The number of pyridine rings is 1. The molecule has 0 aliphatic rings. The Morgan fingerprint density at radius 1 is 1.43 bits per heavy atom. The van der Waals surface area contributed by atoms with Crippen LogP contribution in [0.4, 0.5) is 0 Å². The van der Waals surface area contributed by atoms with Gasteiger partial charge in [-0.15, -0.1) is 0 Å². The summed E-state index contributed by atoms with van der Waals surface area (Å²) in [7, 11) is 0. The topological polar surface area (TPSA) is 59.4 Å². The number of halogens is 1. The highest BCUT2D eigenvalue weighted by Crippen LogP contribution is 2.25. The predicted molar refractivity (Wildman–Crippen MR) is 81.4 cm³/mol. The minimum absolute atomic E-state index is 0.308. The van der Waals surface area contributed by atoms with Crippen LogP contribution in [-0.2, 0) is 11.4 Å². The lowest BCUT2D eigenvalue weighted by atomic mass is 10.2. The zero-order chi connectivity index (χ0) is 15.2. The number of carboxylic acid groups (broad SMARTS) is 1. The summed E-state index contributed by atoms with van der Waals surface area (Å²) in [6.45, 7) is 2.26. The fraction of sp³-hybridized carbons (Fsp3) is 0.125. The number of carboxylic acids is 1. The molecule has 1 aromatic carbocycles. The molecule has 0 bridgehead atoms. The van der Waals surface area contributed by atoms with Gasteiger partial charge < -0.3 is 9.84 Å². The zero-order valence-electron chi connectivity index (χ0n) is 11.4. The molecule has 1 N–H and O–H groups in total. The van der Waals surface area contributed by atoms with Gasteiger partial charge in [0.05, 0.1) is 5.69 Å². The molecule has 0 unspecified atom stereocenters. The van der Waals surface area contributed by atoms with E-state index in [1.165, 1.54) is 6.08 Å². The van der Waals surface area contributed by atoms with Crippen molar-refractivity contribution in [1.82, 2.24) is 4.98 Å². The SMILES string of the molecule is Cc1cccnc1COc1ccc(Cl)cc1/C=C/C(=O)O. The van der Waals surface area contributed by atoms with Gasteiger partial charge in [0.1, 0.15) is 12.4 Å². The number of carbonyl (C=O) groups is 1. The molecule has 0 saturated heterocycles. The fourth-order valence-electron chi connectivity index (χ4n) is 1.76. The maximum absolute atomic E-state index is 10.6. The number of hydrogen-bond donors (Lipinski definition) is 1. The highest BCUT2D eigenvalue weighted by Gasteiger charge is 2.05. The standard InChI is InChI=1S/C16H14ClNO3/c1-11-3-2-8-18-14(11)10-21-15-6-5-13(17)9-12(15)4-7-16(19)20/h2-9H,10H2,1H3,(H,19,20)/b7-4+. The minimum Gasteiger partial charge on any atom is -0.487 e. The molecule has 21 heavy (non-hydrogen) atoms. The Labute approximate surface area is 127 Å². The van der Waals surface area contributed by atoms with Crippen molar-refractivity contribution in [3.8, 4) is 5.75 Å². The van der Waals surface area contributed by atoms with Gasteiger partial charge in [0.25, 0.3) is 0 Å². The molecule has 0 aliphatic carbocycles. The van der Waals surface area contributed by atoms with Crippen LogP contribution in [0, 0.1) is 6.92 Å². The Hall–Kier alpha value is -2.33.